The number of benzene rings is 1. The van der Waals surface area contributed by atoms with Gasteiger partial charge in [-0.25, -0.2) is 9.50 Å². The summed E-state index contributed by atoms with van der Waals surface area (Å²) < 4.78 is 40.6. The number of aryl methyl sites for hydroxylation is 1. The van der Waals surface area contributed by atoms with Crippen LogP contribution < -0.4 is 4.90 Å². The fourth-order valence-electron chi connectivity index (χ4n) is 4.84. The SMILES string of the molecule is Cc1cc(C(F)(F)F)cc(O)c1-c1ccn2nc(N3CC[C@H]4CCN(C)C[C@H]43)nc2n1. The summed E-state index contributed by atoms with van der Waals surface area (Å²) in [4.78, 5) is 13.6. The molecule has 164 valence electrons. The Labute approximate surface area is 177 Å². The molecule has 7 nitrogen and oxygen atoms in total. The molecular weight excluding hydrogens is 409 g/mol. The molecule has 2 atom stereocenters. The first kappa shape index (κ1) is 20.0. The molecule has 0 bridgehead atoms. The Balaban J connectivity index is 1.50. The van der Waals surface area contributed by atoms with Crippen LogP contribution in [0, 0.1) is 12.8 Å². The summed E-state index contributed by atoms with van der Waals surface area (Å²) >= 11 is 0. The van der Waals surface area contributed by atoms with E-state index in [1.807, 2.05) is 0 Å². The van der Waals surface area contributed by atoms with E-state index in [0.717, 1.165) is 38.2 Å². The van der Waals surface area contributed by atoms with Gasteiger partial charge in [0, 0.05) is 30.9 Å². The maximum absolute atomic E-state index is 13.0. The number of likely N-dealkylation sites (N-methyl/N-ethyl adjacent to an activating group) is 1. The molecule has 0 amide bonds. The average Bonchev–Trinajstić information content (AvgIpc) is 3.29. The van der Waals surface area contributed by atoms with Gasteiger partial charge in [0.05, 0.1) is 11.3 Å². The van der Waals surface area contributed by atoms with Crippen molar-refractivity contribution in [1.82, 2.24) is 24.5 Å². The van der Waals surface area contributed by atoms with E-state index < -0.39 is 17.5 Å². The van der Waals surface area contributed by atoms with Crippen LogP contribution in [0.4, 0.5) is 19.1 Å². The normalized spacial score (nSPS) is 22.3. The highest BCUT2D eigenvalue weighted by molar-refractivity contribution is 5.72. The lowest BCUT2D eigenvalue weighted by molar-refractivity contribution is -0.137. The zero-order valence-corrected chi connectivity index (χ0v) is 17.3. The van der Waals surface area contributed by atoms with Crippen LogP contribution in [0.15, 0.2) is 24.4 Å². The van der Waals surface area contributed by atoms with Crippen molar-refractivity contribution in [3.05, 3.63) is 35.5 Å². The van der Waals surface area contributed by atoms with Gasteiger partial charge in [-0.15, -0.1) is 5.10 Å². The largest absolute Gasteiger partial charge is 0.507 e. The van der Waals surface area contributed by atoms with Gasteiger partial charge in [0.25, 0.3) is 5.78 Å². The lowest BCUT2D eigenvalue weighted by Gasteiger charge is -2.36. The number of halogens is 3. The molecule has 3 aromatic rings. The Morgan fingerprint density at radius 1 is 1.13 bits per heavy atom. The van der Waals surface area contributed by atoms with Crippen LogP contribution in [0.3, 0.4) is 0 Å². The van der Waals surface area contributed by atoms with E-state index in [4.69, 9.17) is 0 Å². The second-order valence-electron chi connectivity index (χ2n) is 8.51. The van der Waals surface area contributed by atoms with Gasteiger partial charge in [-0.05, 0) is 63.0 Å². The van der Waals surface area contributed by atoms with Gasteiger partial charge in [0.2, 0.25) is 5.95 Å². The number of phenols is 1. The summed E-state index contributed by atoms with van der Waals surface area (Å²) in [6, 6.07) is 3.74. The molecule has 2 saturated heterocycles. The summed E-state index contributed by atoms with van der Waals surface area (Å²) in [6.45, 7) is 4.49. The minimum absolute atomic E-state index is 0.259. The van der Waals surface area contributed by atoms with E-state index in [0.29, 0.717) is 29.4 Å². The lowest BCUT2D eigenvalue weighted by Crippen LogP contribution is -2.47. The van der Waals surface area contributed by atoms with E-state index in [1.165, 1.54) is 13.3 Å². The van der Waals surface area contributed by atoms with Crippen LogP contribution in [-0.2, 0) is 6.18 Å². The lowest BCUT2D eigenvalue weighted by atomic mass is 9.92. The maximum Gasteiger partial charge on any atom is 0.416 e. The number of aromatic nitrogens is 4. The van der Waals surface area contributed by atoms with Crippen molar-refractivity contribution in [2.75, 3.05) is 31.6 Å². The zero-order chi connectivity index (χ0) is 21.9. The maximum atomic E-state index is 13.0. The van der Waals surface area contributed by atoms with Crippen LogP contribution >= 0.6 is 0 Å². The summed E-state index contributed by atoms with van der Waals surface area (Å²) in [5.74, 6) is 1.13. The van der Waals surface area contributed by atoms with Gasteiger partial charge in [-0.2, -0.15) is 18.2 Å². The number of nitrogens with zero attached hydrogens (tertiary/aromatic N) is 6. The van der Waals surface area contributed by atoms with Crippen molar-refractivity contribution >= 4 is 11.7 Å². The third kappa shape index (κ3) is 3.48. The number of rotatable bonds is 2. The third-order valence-corrected chi connectivity index (χ3v) is 6.42. The second kappa shape index (κ2) is 7.08. The first-order chi connectivity index (χ1) is 14.7. The van der Waals surface area contributed by atoms with Gasteiger partial charge >= 0.3 is 6.18 Å². The molecule has 4 heterocycles. The fraction of sp³-hybridized carbons (Fsp3) is 0.476. The number of likely N-dealkylation sites (tertiary alicyclic amines) is 1. The van der Waals surface area contributed by atoms with E-state index in [2.05, 4.69) is 31.9 Å². The van der Waals surface area contributed by atoms with Gasteiger partial charge in [-0.3, -0.25) is 0 Å². The molecule has 1 N–H and O–H groups in total. The van der Waals surface area contributed by atoms with Crippen LogP contribution in [0.1, 0.15) is 24.0 Å². The van der Waals surface area contributed by atoms with Crippen LogP contribution in [-0.4, -0.2) is 62.3 Å². The quantitative estimate of drug-likeness (QED) is 0.670. The number of fused-ring (bicyclic) bond motifs is 2. The van der Waals surface area contributed by atoms with Gasteiger partial charge in [0.15, 0.2) is 0 Å². The summed E-state index contributed by atoms with van der Waals surface area (Å²) in [6.07, 6.45) is -0.572. The molecular formula is C21H23F3N6O. The molecule has 0 aliphatic carbocycles. The number of piperidine rings is 1. The minimum Gasteiger partial charge on any atom is -0.507 e. The number of alkyl halides is 3. The highest BCUT2D eigenvalue weighted by atomic mass is 19.4. The Morgan fingerprint density at radius 2 is 1.90 bits per heavy atom. The molecule has 10 heteroatoms. The number of phenolic OH excluding ortho intramolecular Hbond substituents is 1. The first-order valence-corrected chi connectivity index (χ1v) is 10.3. The molecule has 2 aromatic heterocycles. The van der Waals surface area contributed by atoms with Crippen molar-refractivity contribution in [2.24, 2.45) is 5.92 Å². The Bertz CT molecular complexity index is 1120. The first-order valence-electron chi connectivity index (χ1n) is 10.3. The van der Waals surface area contributed by atoms with Gasteiger partial charge in [-0.1, -0.05) is 0 Å². The summed E-state index contributed by atoms with van der Waals surface area (Å²) in [5.41, 5.74) is 0.0109. The van der Waals surface area contributed by atoms with Crippen LogP contribution in [0.2, 0.25) is 0 Å². The van der Waals surface area contributed by atoms with Crippen LogP contribution in [0.25, 0.3) is 17.0 Å². The molecule has 2 aliphatic rings. The molecule has 2 fully saturated rings. The van der Waals surface area contributed by atoms with Crippen molar-refractivity contribution in [3.63, 3.8) is 0 Å². The van der Waals surface area contributed by atoms with E-state index in [1.54, 1.807) is 16.8 Å². The van der Waals surface area contributed by atoms with Crippen LogP contribution in [0.5, 0.6) is 5.75 Å². The number of hydrogen-bond donors (Lipinski definition) is 1. The number of anilines is 1. The predicted octanol–water partition coefficient (Wildman–Crippen LogP) is 3.35. The smallest absolute Gasteiger partial charge is 0.416 e. The highest BCUT2D eigenvalue weighted by Gasteiger charge is 2.39. The van der Waals surface area contributed by atoms with Gasteiger partial charge < -0.3 is 14.9 Å². The summed E-state index contributed by atoms with van der Waals surface area (Å²) in [7, 11) is 2.12. The standard InChI is InChI=1S/C21H23F3N6O/c1-12-9-14(21(22,23)24)10-17(31)18(12)15-5-8-30-19(25-15)26-20(27-30)29-7-4-13-3-6-28(2)11-16(13)29/h5,8-10,13,16,31H,3-4,6-7,11H2,1-2H3/t13-,16-/m1/s1. The fourth-order valence-corrected chi connectivity index (χ4v) is 4.84. The minimum atomic E-state index is -4.53. The number of aromatic hydroxyl groups is 1. The Kier molecular flexibility index (Phi) is 4.58. The second-order valence-corrected chi connectivity index (χ2v) is 8.51. The molecule has 0 radical (unpaired) electrons. The topological polar surface area (TPSA) is 69.8 Å². The number of hydrogen-bond acceptors (Lipinski definition) is 6. The van der Waals surface area contributed by atoms with Crippen molar-refractivity contribution in [2.45, 2.75) is 32.0 Å². The van der Waals surface area contributed by atoms with Gasteiger partial charge in [0.1, 0.15) is 5.75 Å². The Hall–Kier alpha value is -2.88. The predicted molar refractivity (Wildman–Crippen MR) is 109 cm³/mol. The van der Waals surface area contributed by atoms with E-state index in [9.17, 15) is 18.3 Å². The van der Waals surface area contributed by atoms with E-state index in [-0.39, 0.29) is 11.1 Å². The zero-order valence-electron chi connectivity index (χ0n) is 17.3. The molecule has 0 saturated carbocycles. The Morgan fingerprint density at radius 3 is 2.65 bits per heavy atom. The molecule has 1 aromatic carbocycles. The molecule has 2 aliphatic heterocycles. The molecule has 5 rings (SSSR count). The average molecular weight is 432 g/mol. The molecule has 0 spiro atoms. The summed E-state index contributed by atoms with van der Waals surface area (Å²) in [5, 5.41) is 14.9. The van der Waals surface area contributed by atoms with E-state index >= 15 is 0 Å². The highest BCUT2D eigenvalue weighted by Crippen LogP contribution is 2.39. The molecule has 0 unspecified atom stereocenters. The van der Waals surface area contributed by atoms with Crippen molar-refractivity contribution < 1.29 is 18.3 Å². The van der Waals surface area contributed by atoms with Crippen molar-refractivity contribution in [3.8, 4) is 17.0 Å². The monoisotopic (exact) mass is 432 g/mol. The molecule has 31 heavy (non-hydrogen) atoms. The van der Waals surface area contributed by atoms with Crippen molar-refractivity contribution in [1.29, 1.82) is 0 Å². The third-order valence-electron chi connectivity index (χ3n) is 6.42.